The minimum absolute atomic E-state index is 0.669. The molecule has 1 N–H and O–H groups in total. The largest absolute Gasteiger partial charge is 0.492 e. The molecule has 1 heterocycles. The van der Waals surface area contributed by atoms with Crippen molar-refractivity contribution in [1.82, 2.24) is 10.3 Å². The first-order chi connectivity index (χ1) is 9.24. The Kier molecular flexibility index (Phi) is 4.93. The van der Waals surface area contributed by atoms with Gasteiger partial charge in [0.25, 0.3) is 0 Å². The van der Waals surface area contributed by atoms with E-state index in [1.165, 1.54) is 11.1 Å². The maximum atomic E-state index is 5.67. The van der Waals surface area contributed by atoms with Crippen LogP contribution in [0.3, 0.4) is 0 Å². The highest BCUT2D eigenvalue weighted by Crippen LogP contribution is 2.11. The second-order valence-corrected chi connectivity index (χ2v) is 4.65. The first kappa shape index (κ1) is 13.6. The Labute approximate surface area is 114 Å². The molecule has 0 unspecified atom stereocenters. The van der Waals surface area contributed by atoms with Crippen LogP contribution in [0.4, 0.5) is 0 Å². The molecule has 19 heavy (non-hydrogen) atoms. The molecule has 0 bridgehead atoms. The molecule has 0 aliphatic carbocycles. The van der Waals surface area contributed by atoms with Gasteiger partial charge in [0, 0.05) is 25.0 Å². The number of ether oxygens (including phenoxy) is 1. The summed E-state index contributed by atoms with van der Waals surface area (Å²) in [5, 5.41) is 3.34. The van der Waals surface area contributed by atoms with Crippen molar-refractivity contribution in [3.8, 4) is 5.75 Å². The van der Waals surface area contributed by atoms with E-state index in [0.717, 1.165) is 24.5 Å². The quantitative estimate of drug-likeness (QED) is 0.807. The van der Waals surface area contributed by atoms with E-state index in [2.05, 4.69) is 29.4 Å². The molecule has 0 saturated heterocycles. The van der Waals surface area contributed by atoms with E-state index in [9.17, 15) is 0 Å². The Morgan fingerprint density at radius 2 is 2.05 bits per heavy atom. The Hall–Kier alpha value is -1.87. The van der Waals surface area contributed by atoms with Crippen molar-refractivity contribution in [3.63, 3.8) is 0 Å². The van der Waals surface area contributed by atoms with E-state index in [-0.39, 0.29) is 0 Å². The van der Waals surface area contributed by atoms with Crippen molar-refractivity contribution < 1.29 is 4.74 Å². The van der Waals surface area contributed by atoms with Gasteiger partial charge in [0.2, 0.25) is 0 Å². The summed E-state index contributed by atoms with van der Waals surface area (Å²) < 4.78 is 5.67. The summed E-state index contributed by atoms with van der Waals surface area (Å²) >= 11 is 0. The summed E-state index contributed by atoms with van der Waals surface area (Å²) in [5.41, 5.74) is 3.46. The Morgan fingerprint density at radius 3 is 2.79 bits per heavy atom. The highest BCUT2D eigenvalue weighted by molar-refractivity contribution is 5.27. The van der Waals surface area contributed by atoms with Crippen molar-refractivity contribution in [3.05, 3.63) is 59.4 Å². The van der Waals surface area contributed by atoms with Crippen molar-refractivity contribution in [2.75, 3.05) is 13.2 Å². The SMILES string of the molecule is Cc1cccc(OCCNCc2ccc(C)nc2)c1. The maximum Gasteiger partial charge on any atom is 0.119 e. The van der Waals surface area contributed by atoms with Gasteiger partial charge in [0.15, 0.2) is 0 Å². The predicted molar refractivity (Wildman–Crippen MR) is 77.4 cm³/mol. The fourth-order valence-corrected chi connectivity index (χ4v) is 1.78. The summed E-state index contributed by atoms with van der Waals surface area (Å²) in [6.45, 7) is 6.37. The lowest BCUT2D eigenvalue weighted by atomic mass is 10.2. The molecule has 0 amide bonds. The van der Waals surface area contributed by atoms with Crippen LogP contribution in [0.5, 0.6) is 5.75 Å². The zero-order chi connectivity index (χ0) is 13.5. The summed E-state index contributed by atoms with van der Waals surface area (Å²) in [6, 6.07) is 12.2. The van der Waals surface area contributed by atoms with Gasteiger partial charge < -0.3 is 10.1 Å². The monoisotopic (exact) mass is 256 g/mol. The highest BCUT2D eigenvalue weighted by atomic mass is 16.5. The van der Waals surface area contributed by atoms with Gasteiger partial charge in [-0.3, -0.25) is 4.98 Å². The number of aromatic nitrogens is 1. The molecular weight excluding hydrogens is 236 g/mol. The number of aryl methyl sites for hydroxylation is 2. The second kappa shape index (κ2) is 6.90. The van der Waals surface area contributed by atoms with E-state index in [1.807, 2.05) is 37.4 Å². The van der Waals surface area contributed by atoms with Crippen LogP contribution in [-0.2, 0) is 6.54 Å². The van der Waals surface area contributed by atoms with E-state index >= 15 is 0 Å². The molecular formula is C16H20N2O. The first-order valence-electron chi connectivity index (χ1n) is 6.56. The smallest absolute Gasteiger partial charge is 0.119 e. The molecule has 0 fully saturated rings. The van der Waals surface area contributed by atoms with Gasteiger partial charge in [-0.05, 0) is 43.2 Å². The van der Waals surface area contributed by atoms with Crippen molar-refractivity contribution in [2.24, 2.45) is 0 Å². The predicted octanol–water partition coefficient (Wildman–Crippen LogP) is 2.87. The van der Waals surface area contributed by atoms with Crippen molar-refractivity contribution in [1.29, 1.82) is 0 Å². The number of benzene rings is 1. The average molecular weight is 256 g/mol. The Bertz CT molecular complexity index is 508. The van der Waals surface area contributed by atoms with E-state index in [4.69, 9.17) is 4.74 Å². The normalized spacial score (nSPS) is 10.4. The third-order valence-corrected chi connectivity index (χ3v) is 2.84. The van der Waals surface area contributed by atoms with Crippen LogP contribution in [0.1, 0.15) is 16.8 Å². The molecule has 0 saturated carbocycles. The molecule has 0 spiro atoms. The fraction of sp³-hybridized carbons (Fsp3) is 0.312. The third kappa shape index (κ3) is 4.72. The molecule has 3 heteroatoms. The van der Waals surface area contributed by atoms with Crippen molar-refractivity contribution in [2.45, 2.75) is 20.4 Å². The van der Waals surface area contributed by atoms with E-state index < -0.39 is 0 Å². The highest BCUT2D eigenvalue weighted by Gasteiger charge is 1.95. The van der Waals surface area contributed by atoms with Gasteiger partial charge in [0.1, 0.15) is 12.4 Å². The number of hydrogen-bond donors (Lipinski definition) is 1. The van der Waals surface area contributed by atoms with Crippen LogP contribution >= 0.6 is 0 Å². The number of rotatable bonds is 6. The van der Waals surface area contributed by atoms with Gasteiger partial charge >= 0.3 is 0 Å². The zero-order valence-electron chi connectivity index (χ0n) is 11.5. The molecule has 0 atom stereocenters. The summed E-state index contributed by atoms with van der Waals surface area (Å²) in [4.78, 5) is 4.26. The summed E-state index contributed by atoms with van der Waals surface area (Å²) in [7, 11) is 0. The molecule has 1 aromatic heterocycles. The number of nitrogens with one attached hydrogen (secondary N) is 1. The number of nitrogens with zero attached hydrogens (tertiary/aromatic N) is 1. The van der Waals surface area contributed by atoms with E-state index in [0.29, 0.717) is 6.61 Å². The maximum absolute atomic E-state index is 5.67. The minimum atomic E-state index is 0.669. The lowest BCUT2D eigenvalue weighted by Crippen LogP contribution is -2.20. The topological polar surface area (TPSA) is 34.1 Å². The molecule has 3 nitrogen and oxygen atoms in total. The summed E-state index contributed by atoms with van der Waals surface area (Å²) in [5.74, 6) is 0.929. The molecule has 0 aliphatic heterocycles. The molecule has 0 aliphatic rings. The van der Waals surface area contributed by atoms with Crippen LogP contribution in [0, 0.1) is 13.8 Å². The van der Waals surface area contributed by atoms with Crippen LogP contribution in [0.15, 0.2) is 42.6 Å². The molecule has 0 radical (unpaired) electrons. The van der Waals surface area contributed by atoms with Crippen LogP contribution in [-0.4, -0.2) is 18.1 Å². The van der Waals surface area contributed by atoms with Gasteiger partial charge in [0.05, 0.1) is 0 Å². The van der Waals surface area contributed by atoms with E-state index in [1.54, 1.807) is 0 Å². The van der Waals surface area contributed by atoms with Gasteiger partial charge in [-0.25, -0.2) is 0 Å². The van der Waals surface area contributed by atoms with Crippen molar-refractivity contribution >= 4 is 0 Å². The zero-order valence-corrected chi connectivity index (χ0v) is 11.5. The van der Waals surface area contributed by atoms with Gasteiger partial charge in [-0.2, -0.15) is 0 Å². The Morgan fingerprint density at radius 1 is 1.16 bits per heavy atom. The summed E-state index contributed by atoms with van der Waals surface area (Å²) in [6.07, 6.45) is 1.91. The molecule has 1 aromatic carbocycles. The third-order valence-electron chi connectivity index (χ3n) is 2.84. The molecule has 2 aromatic rings. The minimum Gasteiger partial charge on any atom is -0.492 e. The van der Waals surface area contributed by atoms with Crippen LogP contribution < -0.4 is 10.1 Å². The Balaban J connectivity index is 1.66. The number of hydrogen-bond acceptors (Lipinski definition) is 3. The van der Waals surface area contributed by atoms with Gasteiger partial charge in [-0.15, -0.1) is 0 Å². The lowest BCUT2D eigenvalue weighted by Gasteiger charge is -2.08. The van der Waals surface area contributed by atoms with Crippen LogP contribution in [0.2, 0.25) is 0 Å². The standard InChI is InChI=1S/C16H20N2O/c1-13-4-3-5-16(10-13)19-9-8-17-11-15-7-6-14(2)18-12-15/h3-7,10,12,17H,8-9,11H2,1-2H3. The lowest BCUT2D eigenvalue weighted by molar-refractivity contribution is 0.313. The number of pyridine rings is 1. The fourth-order valence-electron chi connectivity index (χ4n) is 1.78. The van der Waals surface area contributed by atoms with Gasteiger partial charge in [-0.1, -0.05) is 18.2 Å². The van der Waals surface area contributed by atoms with Crippen LogP contribution in [0.25, 0.3) is 0 Å². The second-order valence-electron chi connectivity index (χ2n) is 4.65. The molecule has 2 rings (SSSR count). The molecule has 100 valence electrons. The average Bonchev–Trinajstić information content (AvgIpc) is 2.41. The first-order valence-corrected chi connectivity index (χ1v) is 6.56.